The summed E-state index contributed by atoms with van der Waals surface area (Å²) >= 11 is 0. The maximum absolute atomic E-state index is 15.1. The lowest BCUT2D eigenvalue weighted by molar-refractivity contribution is -0.0806. The van der Waals surface area contributed by atoms with E-state index < -0.39 is 38.2 Å². The van der Waals surface area contributed by atoms with E-state index in [1.165, 1.54) is 31.4 Å². The van der Waals surface area contributed by atoms with Crippen molar-refractivity contribution < 1.29 is 36.5 Å². The standard InChI is InChI=1S/C21H22F2O6S/c1-27-13-2-4-14(5-3-13)30(25,26)21-9-11-28-18(8-10-24)15(21)12-29-20-17(23)7-6-16(22)19(20)21/h2-7,15,18,24H,8-12H2,1H3/t15-,18-,21-/m0/s1. The van der Waals surface area contributed by atoms with Crippen LogP contribution in [0, 0.1) is 17.6 Å². The number of sulfone groups is 1. The first-order chi connectivity index (χ1) is 14.4. The smallest absolute Gasteiger partial charge is 0.189 e. The fourth-order valence-corrected chi connectivity index (χ4v) is 6.95. The van der Waals surface area contributed by atoms with Gasteiger partial charge in [0.25, 0.3) is 0 Å². The van der Waals surface area contributed by atoms with Gasteiger partial charge < -0.3 is 19.3 Å². The molecule has 3 atom stereocenters. The van der Waals surface area contributed by atoms with Crippen LogP contribution in [0.2, 0.25) is 0 Å². The predicted octanol–water partition coefficient (Wildman–Crippen LogP) is 2.82. The van der Waals surface area contributed by atoms with Crippen molar-refractivity contribution in [3.8, 4) is 11.5 Å². The Morgan fingerprint density at radius 1 is 1.17 bits per heavy atom. The molecule has 1 saturated heterocycles. The topological polar surface area (TPSA) is 82.1 Å². The van der Waals surface area contributed by atoms with Crippen LogP contribution < -0.4 is 9.47 Å². The van der Waals surface area contributed by atoms with Crippen LogP contribution in [0.5, 0.6) is 11.5 Å². The van der Waals surface area contributed by atoms with Crippen LogP contribution in [0.3, 0.4) is 0 Å². The molecule has 2 aromatic rings. The van der Waals surface area contributed by atoms with Crippen molar-refractivity contribution >= 4 is 9.84 Å². The monoisotopic (exact) mass is 440 g/mol. The SMILES string of the molecule is COc1ccc(S(=O)(=O)[C@@]23CCO[C@@H](CCO)[C@@H]2COc2c(F)ccc(F)c23)cc1. The van der Waals surface area contributed by atoms with Crippen molar-refractivity contribution in [1.29, 1.82) is 0 Å². The largest absolute Gasteiger partial charge is 0.497 e. The number of ether oxygens (including phenoxy) is 3. The van der Waals surface area contributed by atoms with Crippen LogP contribution in [0.1, 0.15) is 18.4 Å². The second-order valence-electron chi connectivity index (χ2n) is 7.39. The van der Waals surface area contributed by atoms with Gasteiger partial charge in [0.1, 0.15) is 16.3 Å². The molecule has 0 amide bonds. The number of aliphatic hydroxyl groups is 1. The number of hydrogen-bond donors (Lipinski definition) is 1. The van der Waals surface area contributed by atoms with Crippen LogP contribution in [0.4, 0.5) is 8.78 Å². The highest BCUT2D eigenvalue weighted by atomic mass is 32.2. The Hall–Kier alpha value is -2.23. The Labute approximate surface area is 173 Å². The summed E-state index contributed by atoms with van der Waals surface area (Å²) in [5.74, 6) is -2.41. The molecule has 0 unspecified atom stereocenters. The van der Waals surface area contributed by atoms with E-state index >= 15 is 4.39 Å². The average Bonchev–Trinajstić information content (AvgIpc) is 2.76. The highest BCUT2D eigenvalue weighted by Crippen LogP contribution is 2.55. The Morgan fingerprint density at radius 3 is 2.53 bits per heavy atom. The Morgan fingerprint density at radius 2 is 1.87 bits per heavy atom. The third-order valence-electron chi connectivity index (χ3n) is 6.01. The van der Waals surface area contributed by atoms with Crippen LogP contribution in [-0.2, 0) is 19.3 Å². The number of fused-ring (bicyclic) bond motifs is 3. The van der Waals surface area contributed by atoms with E-state index in [4.69, 9.17) is 14.2 Å². The van der Waals surface area contributed by atoms with Gasteiger partial charge in [-0.25, -0.2) is 17.2 Å². The maximum atomic E-state index is 15.1. The molecule has 2 aromatic carbocycles. The average molecular weight is 440 g/mol. The van der Waals surface area contributed by atoms with E-state index in [1.807, 2.05) is 0 Å². The van der Waals surface area contributed by atoms with Gasteiger partial charge in [0.15, 0.2) is 21.4 Å². The highest BCUT2D eigenvalue weighted by Gasteiger charge is 2.61. The van der Waals surface area contributed by atoms with Crippen molar-refractivity contribution in [2.45, 2.75) is 28.6 Å². The van der Waals surface area contributed by atoms with Crippen LogP contribution in [-0.4, -0.2) is 46.6 Å². The summed E-state index contributed by atoms with van der Waals surface area (Å²) in [6.07, 6.45) is -0.599. The first-order valence-electron chi connectivity index (χ1n) is 9.59. The van der Waals surface area contributed by atoms with Crippen molar-refractivity contribution in [3.05, 3.63) is 53.6 Å². The fraction of sp³-hybridized carbons (Fsp3) is 0.429. The molecule has 4 rings (SSSR count). The minimum atomic E-state index is -4.22. The lowest BCUT2D eigenvalue weighted by Gasteiger charge is -2.50. The molecule has 2 aliphatic heterocycles. The van der Waals surface area contributed by atoms with Gasteiger partial charge in [-0.1, -0.05) is 0 Å². The maximum Gasteiger partial charge on any atom is 0.189 e. The molecule has 2 aliphatic rings. The van der Waals surface area contributed by atoms with Crippen molar-refractivity contribution in [2.75, 3.05) is 26.9 Å². The summed E-state index contributed by atoms with van der Waals surface area (Å²) < 4.78 is 72.2. The molecule has 0 aromatic heterocycles. The first kappa shape index (κ1) is 21.0. The molecule has 0 saturated carbocycles. The molecule has 0 aliphatic carbocycles. The molecule has 6 nitrogen and oxygen atoms in total. The molecule has 0 radical (unpaired) electrons. The zero-order chi connectivity index (χ0) is 21.5. The summed E-state index contributed by atoms with van der Waals surface area (Å²) in [5, 5.41) is 9.45. The van der Waals surface area contributed by atoms with E-state index in [-0.39, 0.29) is 48.9 Å². The molecule has 30 heavy (non-hydrogen) atoms. The summed E-state index contributed by atoms with van der Waals surface area (Å²) in [4.78, 5) is -0.0329. The van der Waals surface area contributed by atoms with Gasteiger partial charge in [-0.15, -0.1) is 0 Å². The van der Waals surface area contributed by atoms with E-state index in [0.29, 0.717) is 5.75 Å². The quantitative estimate of drug-likeness (QED) is 0.770. The number of benzene rings is 2. The van der Waals surface area contributed by atoms with E-state index in [1.54, 1.807) is 0 Å². The molecule has 1 N–H and O–H groups in total. The number of halogens is 2. The van der Waals surface area contributed by atoms with E-state index in [0.717, 1.165) is 12.1 Å². The minimum Gasteiger partial charge on any atom is -0.497 e. The van der Waals surface area contributed by atoms with E-state index in [2.05, 4.69) is 0 Å². The molecule has 0 bridgehead atoms. The normalized spacial score (nSPS) is 25.7. The third kappa shape index (κ3) is 2.99. The second-order valence-corrected chi connectivity index (χ2v) is 9.60. The van der Waals surface area contributed by atoms with Gasteiger partial charge >= 0.3 is 0 Å². The Kier molecular flexibility index (Phi) is 5.46. The van der Waals surface area contributed by atoms with Gasteiger partial charge in [-0.05, 0) is 49.2 Å². The van der Waals surface area contributed by atoms with Crippen LogP contribution in [0.25, 0.3) is 0 Å². The van der Waals surface area contributed by atoms with Crippen LogP contribution in [0.15, 0.2) is 41.3 Å². The van der Waals surface area contributed by atoms with E-state index in [9.17, 15) is 17.9 Å². The Bertz CT molecular complexity index is 1040. The number of methoxy groups -OCH3 is 1. The van der Waals surface area contributed by atoms with Crippen molar-refractivity contribution in [1.82, 2.24) is 0 Å². The molecule has 9 heteroatoms. The minimum absolute atomic E-state index is 0.0198. The van der Waals surface area contributed by atoms with Gasteiger partial charge in [0, 0.05) is 19.1 Å². The predicted molar refractivity (Wildman–Crippen MR) is 103 cm³/mol. The molecule has 1 fully saturated rings. The highest BCUT2D eigenvalue weighted by molar-refractivity contribution is 7.92. The molecular weight excluding hydrogens is 418 g/mol. The number of aliphatic hydroxyl groups excluding tert-OH is 1. The summed E-state index contributed by atoms with van der Waals surface area (Å²) in [5.41, 5.74) is -0.305. The second kappa shape index (κ2) is 7.79. The van der Waals surface area contributed by atoms with Crippen molar-refractivity contribution in [3.63, 3.8) is 0 Å². The zero-order valence-electron chi connectivity index (χ0n) is 16.3. The van der Waals surface area contributed by atoms with Gasteiger partial charge in [0.2, 0.25) is 0 Å². The van der Waals surface area contributed by atoms with Crippen LogP contribution >= 0.6 is 0 Å². The zero-order valence-corrected chi connectivity index (χ0v) is 17.1. The van der Waals surface area contributed by atoms with Gasteiger partial charge in [-0.2, -0.15) is 0 Å². The van der Waals surface area contributed by atoms with Crippen molar-refractivity contribution in [2.24, 2.45) is 5.92 Å². The summed E-state index contributed by atoms with van der Waals surface area (Å²) in [6.45, 7) is -0.391. The van der Waals surface area contributed by atoms with Gasteiger partial charge in [0.05, 0.1) is 30.3 Å². The van der Waals surface area contributed by atoms with Gasteiger partial charge in [-0.3, -0.25) is 0 Å². The third-order valence-corrected chi connectivity index (χ3v) is 8.57. The fourth-order valence-electron chi connectivity index (χ4n) is 4.60. The first-order valence-corrected chi connectivity index (χ1v) is 11.1. The number of rotatable bonds is 5. The lowest BCUT2D eigenvalue weighted by atomic mass is 9.75. The molecular formula is C21H22F2O6S. The number of hydrogen-bond acceptors (Lipinski definition) is 6. The lowest BCUT2D eigenvalue weighted by Crippen LogP contribution is -2.57. The molecule has 162 valence electrons. The summed E-state index contributed by atoms with van der Waals surface area (Å²) in [7, 11) is -2.76. The molecule has 0 spiro atoms. The summed E-state index contributed by atoms with van der Waals surface area (Å²) in [6, 6.07) is 7.64. The molecule has 2 heterocycles. The Balaban J connectivity index is 1.99.